The summed E-state index contributed by atoms with van der Waals surface area (Å²) in [5.41, 5.74) is 1.17. The van der Waals surface area contributed by atoms with Gasteiger partial charge in [-0.2, -0.15) is 4.98 Å². The number of nitrogens with zero attached hydrogens (tertiary/aromatic N) is 5. The molecule has 3 heterocycles. The first-order chi connectivity index (χ1) is 14.2. The van der Waals surface area contributed by atoms with Gasteiger partial charge in [-0.1, -0.05) is 17.7 Å². The van der Waals surface area contributed by atoms with E-state index >= 15 is 0 Å². The second kappa shape index (κ2) is 9.09. The third-order valence-electron chi connectivity index (χ3n) is 5.26. The highest BCUT2D eigenvalue weighted by atomic mass is 16.5. The summed E-state index contributed by atoms with van der Waals surface area (Å²) in [6, 6.07) is 9.67. The van der Waals surface area contributed by atoms with E-state index in [1.807, 2.05) is 42.2 Å². The third kappa shape index (κ3) is 4.95. The lowest BCUT2D eigenvalue weighted by molar-refractivity contribution is -0.133. The lowest BCUT2D eigenvalue weighted by Crippen LogP contribution is -2.50. The van der Waals surface area contributed by atoms with Crippen LogP contribution in [0.2, 0.25) is 0 Å². The topological polar surface area (TPSA) is 71.0 Å². The van der Waals surface area contributed by atoms with Gasteiger partial charge in [0.15, 0.2) is 6.61 Å². The standard InChI is InChI=1S/C21H27N5O3/c1-17-2-4-18(5-3-17)29-16-20(27)25-10-8-24(9-11-25)19-6-7-22-21(23-19)26-12-14-28-15-13-26/h2-7H,8-16H2,1H3. The molecule has 0 N–H and O–H groups in total. The molecule has 1 aromatic carbocycles. The van der Waals surface area contributed by atoms with Gasteiger partial charge in [-0.05, 0) is 25.1 Å². The predicted octanol–water partition coefficient (Wildman–Crippen LogP) is 1.35. The van der Waals surface area contributed by atoms with Crippen LogP contribution in [-0.2, 0) is 9.53 Å². The Bertz CT molecular complexity index is 815. The van der Waals surface area contributed by atoms with Gasteiger partial charge in [-0.25, -0.2) is 4.98 Å². The number of anilines is 2. The van der Waals surface area contributed by atoms with E-state index in [1.165, 1.54) is 5.56 Å². The molecule has 0 aliphatic carbocycles. The highest BCUT2D eigenvalue weighted by Crippen LogP contribution is 2.18. The van der Waals surface area contributed by atoms with Crippen molar-refractivity contribution in [3.63, 3.8) is 0 Å². The zero-order valence-corrected chi connectivity index (χ0v) is 16.8. The number of morpholine rings is 1. The minimum Gasteiger partial charge on any atom is -0.484 e. The molecule has 2 aliphatic heterocycles. The van der Waals surface area contributed by atoms with E-state index < -0.39 is 0 Å². The van der Waals surface area contributed by atoms with Crippen LogP contribution in [0.1, 0.15) is 5.56 Å². The van der Waals surface area contributed by atoms with Gasteiger partial charge in [0.1, 0.15) is 11.6 Å². The number of amides is 1. The van der Waals surface area contributed by atoms with Crippen molar-refractivity contribution in [2.45, 2.75) is 6.92 Å². The lowest BCUT2D eigenvalue weighted by Gasteiger charge is -2.35. The molecule has 0 radical (unpaired) electrons. The van der Waals surface area contributed by atoms with Gasteiger partial charge in [-0.3, -0.25) is 4.79 Å². The van der Waals surface area contributed by atoms with Crippen molar-refractivity contribution in [2.75, 3.05) is 68.9 Å². The number of carbonyl (C=O) groups is 1. The van der Waals surface area contributed by atoms with Gasteiger partial charge in [0.05, 0.1) is 13.2 Å². The maximum Gasteiger partial charge on any atom is 0.260 e. The lowest BCUT2D eigenvalue weighted by atomic mass is 10.2. The number of carbonyl (C=O) groups excluding carboxylic acids is 1. The monoisotopic (exact) mass is 397 g/mol. The molecule has 0 spiro atoms. The van der Waals surface area contributed by atoms with Gasteiger partial charge in [-0.15, -0.1) is 0 Å². The molecule has 0 unspecified atom stereocenters. The quantitative estimate of drug-likeness (QED) is 0.754. The molecular formula is C21H27N5O3. The van der Waals surface area contributed by atoms with Crippen molar-refractivity contribution in [1.82, 2.24) is 14.9 Å². The molecule has 2 aliphatic rings. The number of aromatic nitrogens is 2. The van der Waals surface area contributed by atoms with Crippen molar-refractivity contribution >= 4 is 17.7 Å². The molecule has 0 saturated carbocycles. The molecule has 8 nitrogen and oxygen atoms in total. The van der Waals surface area contributed by atoms with E-state index in [0.717, 1.165) is 43.7 Å². The number of rotatable bonds is 5. The van der Waals surface area contributed by atoms with Crippen molar-refractivity contribution in [2.24, 2.45) is 0 Å². The SMILES string of the molecule is Cc1ccc(OCC(=O)N2CCN(c3ccnc(N4CCOCC4)n3)CC2)cc1. The van der Waals surface area contributed by atoms with E-state index in [-0.39, 0.29) is 12.5 Å². The fourth-order valence-corrected chi connectivity index (χ4v) is 3.49. The Kier molecular flexibility index (Phi) is 6.09. The second-order valence-corrected chi connectivity index (χ2v) is 7.28. The maximum atomic E-state index is 12.5. The second-order valence-electron chi connectivity index (χ2n) is 7.28. The summed E-state index contributed by atoms with van der Waals surface area (Å²) in [7, 11) is 0. The van der Waals surface area contributed by atoms with Gasteiger partial charge < -0.3 is 24.2 Å². The Morgan fingerprint density at radius 2 is 1.72 bits per heavy atom. The number of benzene rings is 1. The van der Waals surface area contributed by atoms with E-state index in [0.29, 0.717) is 26.3 Å². The molecule has 4 rings (SSSR count). The van der Waals surface area contributed by atoms with E-state index in [2.05, 4.69) is 14.8 Å². The third-order valence-corrected chi connectivity index (χ3v) is 5.26. The van der Waals surface area contributed by atoms with Crippen LogP contribution in [0, 0.1) is 6.92 Å². The minimum absolute atomic E-state index is 0.0157. The maximum absolute atomic E-state index is 12.5. The number of hydrogen-bond donors (Lipinski definition) is 0. The molecule has 29 heavy (non-hydrogen) atoms. The molecule has 1 aromatic heterocycles. The Morgan fingerprint density at radius 1 is 1.00 bits per heavy atom. The van der Waals surface area contributed by atoms with Gasteiger partial charge >= 0.3 is 0 Å². The largest absolute Gasteiger partial charge is 0.484 e. The smallest absolute Gasteiger partial charge is 0.260 e. The van der Waals surface area contributed by atoms with E-state index in [9.17, 15) is 4.79 Å². The van der Waals surface area contributed by atoms with Crippen molar-refractivity contribution < 1.29 is 14.3 Å². The van der Waals surface area contributed by atoms with Crippen LogP contribution in [-0.4, -0.2) is 79.9 Å². The van der Waals surface area contributed by atoms with Crippen LogP contribution in [0.15, 0.2) is 36.5 Å². The molecule has 154 valence electrons. The van der Waals surface area contributed by atoms with Gasteiger partial charge in [0.2, 0.25) is 5.95 Å². The minimum atomic E-state index is 0.0157. The summed E-state index contributed by atoms with van der Waals surface area (Å²) in [5.74, 6) is 2.39. The normalized spacial score (nSPS) is 17.3. The zero-order valence-electron chi connectivity index (χ0n) is 16.8. The Labute approximate surface area is 171 Å². The number of aryl methyl sites for hydroxylation is 1. The average Bonchev–Trinajstić information content (AvgIpc) is 2.79. The van der Waals surface area contributed by atoms with Gasteiger partial charge in [0, 0.05) is 45.5 Å². The molecular weight excluding hydrogens is 370 g/mol. The highest BCUT2D eigenvalue weighted by Gasteiger charge is 2.23. The first kappa shape index (κ1) is 19.4. The average molecular weight is 397 g/mol. The summed E-state index contributed by atoms with van der Waals surface area (Å²) >= 11 is 0. The molecule has 2 saturated heterocycles. The van der Waals surface area contributed by atoms with Crippen molar-refractivity contribution in [3.05, 3.63) is 42.1 Å². The van der Waals surface area contributed by atoms with E-state index in [1.54, 1.807) is 6.20 Å². The number of ether oxygens (including phenoxy) is 2. The highest BCUT2D eigenvalue weighted by molar-refractivity contribution is 5.78. The summed E-state index contributed by atoms with van der Waals surface area (Å²) in [6.45, 7) is 7.94. The van der Waals surface area contributed by atoms with Crippen molar-refractivity contribution in [3.8, 4) is 5.75 Å². The van der Waals surface area contributed by atoms with Crippen LogP contribution in [0.3, 0.4) is 0 Å². The Balaban J connectivity index is 1.28. The van der Waals surface area contributed by atoms with Crippen molar-refractivity contribution in [1.29, 1.82) is 0 Å². The molecule has 1 amide bonds. The zero-order chi connectivity index (χ0) is 20.1. The molecule has 0 atom stereocenters. The molecule has 2 aromatic rings. The summed E-state index contributed by atoms with van der Waals surface area (Å²) in [4.78, 5) is 27.8. The molecule has 2 fully saturated rings. The fourth-order valence-electron chi connectivity index (χ4n) is 3.49. The molecule has 8 heteroatoms. The van der Waals surface area contributed by atoms with Gasteiger partial charge in [0.25, 0.3) is 5.91 Å². The Morgan fingerprint density at radius 3 is 2.45 bits per heavy atom. The summed E-state index contributed by atoms with van der Waals surface area (Å²) in [5, 5.41) is 0. The van der Waals surface area contributed by atoms with E-state index in [4.69, 9.17) is 14.5 Å². The predicted molar refractivity (Wildman–Crippen MR) is 111 cm³/mol. The molecule has 0 bridgehead atoms. The number of hydrogen-bond acceptors (Lipinski definition) is 7. The van der Waals surface area contributed by atoms with Crippen LogP contribution in [0.25, 0.3) is 0 Å². The summed E-state index contributed by atoms with van der Waals surface area (Å²) in [6.07, 6.45) is 1.81. The van der Waals surface area contributed by atoms with Crippen LogP contribution < -0.4 is 14.5 Å². The van der Waals surface area contributed by atoms with Crippen LogP contribution >= 0.6 is 0 Å². The fraction of sp³-hybridized carbons (Fsp3) is 0.476. The first-order valence-electron chi connectivity index (χ1n) is 10.1. The van der Waals surface area contributed by atoms with Crippen LogP contribution in [0.4, 0.5) is 11.8 Å². The Hall–Kier alpha value is -2.87. The summed E-state index contributed by atoms with van der Waals surface area (Å²) < 4.78 is 11.0. The first-order valence-corrected chi connectivity index (χ1v) is 10.1. The number of piperazine rings is 1. The van der Waals surface area contributed by atoms with Crippen LogP contribution in [0.5, 0.6) is 5.75 Å².